The van der Waals surface area contributed by atoms with E-state index in [2.05, 4.69) is 66.5 Å². The number of imidazole rings is 1. The van der Waals surface area contributed by atoms with Gasteiger partial charge in [-0.3, -0.25) is 14.1 Å². The Balaban J connectivity index is 1.51. The highest BCUT2D eigenvalue weighted by Gasteiger charge is 2.18. The van der Waals surface area contributed by atoms with Gasteiger partial charge in [0.1, 0.15) is 0 Å². The molecule has 8 nitrogen and oxygen atoms in total. The molecule has 0 aliphatic rings. The first-order valence-corrected chi connectivity index (χ1v) is 13.2. The molecule has 0 unspecified atom stereocenters. The zero-order valence-electron chi connectivity index (χ0n) is 22.3. The number of H-pyrrole nitrogens is 1. The first kappa shape index (κ1) is 25.3. The molecule has 0 aliphatic carbocycles. The van der Waals surface area contributed by atoms with E-state index in [1.807, 2.05) is 57.9 Å². The van der Waals surface area contributed by atoms with Crippen LogP contribution in [0.1, 0.15) is 61.9 Å². The Morgan fingerprint density at radius 3 is 2.50 bits per heavy atom. The van der Waals surface area contributed by atoms with E-state index in [0.29, 0.717) is 18.3 Å². The number of aryl methyl sites for hydroxylation is 2. The van der Waals surface area contributed by atoms with Gasteiger partial charge in [-0.2, -0.15) is 0 Å². The predicted octanol–water partition coefficient (Wildman–Crippen LogP) is 5.70. The maximum absolute atomic E-state index is 13.8. The fourth-order valence-electron chi connectivity index (χ4n) is 4.94. The van der Waals surface area contributed by atoms with Crippen LogP contribution in [-0.2, 0) is 13.0 Å². The SMILES string of the molecule is CCCCc1cn(-c2c(C)cccc2C(C)C)c(=O)n1Cc1ccc(-c2ccccc2-c2nnn[nH]2)nc1. The summed E-state index contributed by atoms with van der Waals surface area (Å²) in [6.07, 6.45) is 6.84. The minimum Gasteiger partial charge on any atom is -0.292 e. The van der Waals surface area contributed by atoms with E-state index in [0.717, 1.165) is 58.6 Å². The fourth-order valence-corrected chi connectivity index (χ4v) is 4.94. The van der Waals surface area contributed by atoms with E-state index in [1.54, 1.807) is 0 Å². The Morgan fingerprint density at radius 2 is 1.82 bits per heavy atom. The first-order chi connectivity index (χ1) is 18.5. The highest BCUT2D eigenvalue weighted by Crippen LogP contribution is 2.29. The maximum atomic E-state index is 13.8. The Bertz CT molecular complexity index is 1580. The molecule has 2 aromatic carbocycles. The number of nitrogens with zero attached hydrogens (tertiary/aromatic N) is 6. The number of hydrogen-bond acceptors (Lipinski definition) is 5. The Labute approximate surface area is 222 Å². The summed E-state index contributed by atoms with van der Waals surface area (Å²) < 4.78 is 3.75. The number of rotatable bonds is 9. The molecule has 0 amide bonds. The molecule has 3 aromatic heterocycles. The van der Waals surface area contributed by atoms with Crippen LogP contribution in [0, 0.1) is 6.92 Å². The molecule has 1 N–H and O–H groups in total. The standard InChI is InChI=1S/C30H33N7O/c1-5-6-11-23-19-37(28-21(4)10-9-14-24(28)20(2)3)30(38)36(23)18-22-15-16-27(31-17-22)25-12-7-8-13-26(25)29-32-34-35-33-29/h7-10,12-17,19-20H,5-6,11,18H2,1-4H3,(H,32,33,34,35). The number of tetrazole rings is 1. The molecule has 0 atom stereocenters. The fraction of sp³-hybridized carbons (Fsp3) is 0.300. The molecule has 0 saturated heterocycles. The minimum atomic E-state index is -0.0143. The van der Waals surface area contributed by atoms with E-state index in [4.69, 9.17) is 4.98 Å². The molecule has 194 valence electrons. The monoisotopic (exact) mass is 507 g/mol. The normalized spacial score (nSPS) is 11.4. The molecule has 5 rings (SSSR count). The van der Waals surface area contributed by atoms with Crippen LogP contribution in [0.2, 0.25) is 0 Å². The van der Waals surface area contributed by atoms with Crippen molar-refractivity contribution in [3.05, 3.63) is 99.9 Å². The van der Waals surface area contributed by atoms with Crippen LogP contribution in [0.15, 0.2) is 71.8 Å². The van der Waals surface area contributed by atoms with E-state index in [9.17, 15) is 4.79 Å². The number of aromatic nitrogens is 7. The second-order valence-corrected chi connectivity index (χ2v) is 9.98. The lowest BCUT2D eigenvalue weighted by molar-refractivity contribution is 0.671. The summed E-state index contributed by atoms with van der Waals surface area (Å²) in [6.45, 7) is 9.05. The summed E-state index contributed by atoms with van der Waals surface area (Å²) in [7, 11) is 0. The Kier molecular flexibility index (Phi) is 7.31. The van der Waals surface area contributed by atoms with Gasteiger partial charge in [-0.05, 0) is 58.9 Å². The largest absolute Gasteiger partial charge is 0.333 e. The number of aromatic amines is 1. The average molecular weight is 508 g/mol. The van der Waals surface area contributed by atoms with E-state index >= 15 is 0 Å². The molecule has 0 saturated carbocycles. The van der Waals surface area contributed by atoms with Crippen LogP contribution in [0.5, 0.6) is 0 Å². The molecule has 38 heavy (non-hydrogen) atoms. The number of hydrogen-bond donors (Lipinski definition) is 1. The van der Waals surface area contributed by atoms with Crippen molar-refractivity contribution in [2.45, 2.75) is 59.4 Å². The molecule has 0 bridgehead atoms. The number of para-hydroxylation sites is 1. The van der Waals surface area contributed by atoms with Crippen molar-refractivity contribution in [2.75, 3.05) is 0 Å². The zero-order chi connectivity index (χ0) is 26.6. The molecule has 8 heteroatoms. The third-order valence-electron chi connectivity index (χ3n) is 6.95. The maximum Gasteiger partial charge on any atom is 0.333 e. The quantitative estimate of drug-likeness (QED) is 0.276. The molecule has 3 heterocycles. The van der Waals surface area contributed by atoms with Crippen LogP contribution in [0.4, 0.5) is 0 Å². The summed E-state index contributed by atoms with van der Waals surface area (Å²) >= 11 is 0. The van der Waals surface area contributed by atoms with Crippen molar-refractivity contribution in [2.24, 2.45) is 0 Å². The summed E-state index contributed by atoms with van der Waals surface area (Å²) in [6, 6.07) is 18.2. The van der Waals surface area contributed by atoms with Gasteiger partial charge in [0.25, 0.3) is 0 Å². The highest BCUT2D eigenvalue weighted by molar-refractivity contribution is 5.78. The summed E-state index contributed by atoms with van der Waals surface area (Å²) in [4.78, 5) is 18.6. The van der Waals surface area contributed by atoms with Gasteiger partial charge in [-0.15, -0.1) is 5.10 Å². The van der Waals surface area contributed by atoms with E-state index in [1.165, 1.54) is 5.56 Å². The lowest BCUT2D eigenvalue weighted by Crippen LogP contribution is -2.26. The number of benzene rings is 2. The molecule has 0 aliphatic heterocycles. The van der Waals surface area contributed by atoms with Crippen molar-refractivity contribution < 1.29 is 0 Å². The van der Waals surface area contributed by atoms with Crippen molar-refractivity contribution >= 4 is 0 Å². The number of nitrogens with one attached hydrogen (secondary N) is 1. The average Bonchev–Trinajstić information content (AvgIpc) is 3.57. The topological polar surface area (TPSA) is 94.3 Å². The number of pyridine rings is 1. The third-order valence-corrected chi connectivity index (χ3v) is 6.95. The van der Waals surface area contributed by atoms with Crippen LogP contribution >= 0.6 is 0 Å². The third kappa shape index (κ3) is 4.94. The van der Waals surface area contributed by atoms with Gasteiger partial charge in [0, 0.05) is 29.2 Å². The summed E-state index contributed by atoms with van der Waals surface area (Å²) in [5, 5.41) is 14.3. The second-order valence-electron chi connectivity index (χ2n) is 9.98. The Hall–Kier alpha value is -4.33. The first-order valence-electron chi connectivity index (χ1n) is 13.2. The van der Waals surface area contributed by atoms with Gasteiger partial charge in [0.2, 0.25) is 0 Å². The molecule has 5 aromatic rings. The van der Waals surface area contributed by atoms with Crippen molar-refractivity contribution in [1.29, 1.82) is 0 Å². The zero-order valence-corrected chi connectivity index (χ0v) is 22.3. The van der Waals surface area contributed by atoms with Crippen LogP contribution in [-0.4, -0.2) is 34.7 Å². The van der Waals surface area contributed by atoms with Gasteiger partial charge < -0.3 is 0 Å². The van der Waals surface area contributed by atoms with Crippen molar-refractivity contribution in [3.8, 4) is 28.3 Å². The summed E-state index contributed by atoms with van der Waals surface area (Å²) in [5.74, 6) is 0.906. The van der Waals surface area contributed by atoms with Crippen molar-refractivity contribution in [1.82, 2.24) is 34.7 Å². The summed E-state index contributed by atoms with van der Waals surface area (Å²) in [5.41, 5.74) is 7.91. The van der Waals surface area contributed by atoms with Crippen LogP contribution in [0.3, 0.4) is 0 Å². The van der Waals surface area contributed by atoms with E-state index < -0.39 is 0 Å². The second kappa shape index (κ2) is 11.0. The predicted molar refractivity (Wildman–Crippen MR) is 149 cm³/mol. The van der Waals surface area contributed by atoms with Gasteiger partial charge in [0.15, 0.2) is 5.82 Å². The highest BCUT2D eigenvalue weighted by atomic mass is 16.1. The van der Waals surface area contributed by atoms with Gasteiger partial charge in [-0.25, -0.2) is 9.89 Å². The van der Waals surface area contributed by atoms with Crippen molar-refractivity contribution in [3.63, 3.8) is 0 Å². The minimum absolute atomic E-state index is 0.0143. The lowest BCUT2D eigenvalue weighted by atomic mass is 9.98. The Morgan fingerprint density at radius 1 is 1.00 bits per heavy atom. The molecular formula is C30H33N7O. The van der Waals surface area contributed by atoms with Crippen LogP contribution in [0.25, 0.3) is 28.3 Å². The molecular weight excluding hydrogens is 474 g/mol. The number of unbranched alkanes of at least 4 members (excludes halogenated alkanes) is 1. The van der Waals surface area contributed by atoms with E-state index in [-0.39, 0.29) is 5.69 Å². The molecule has 0 fully saturated rings. The van der Waals surface area contributed by atoms with Gasteiger partial charge in [-0.1, -0.05) is 75.7 Å². The smallest absolute Gasteiger partial charge is 0.292 e. The molecule has 0 spiro atoms. The molecule has 0 radical (unpaired) electrons. The lowest BCUT2D eigenvalue weighted by Gasteiger charge is -2.15. The van der Waals surface area contributed by atoms with Crippen LogP contribution < -0.4 is 5.69 Å². The van der Waals surface area contributed by atoms with Gasteiger partial charge >= 0.3 is 5.69 Å². The van der Waals surface area contributed by atoms with Gasteiger partial charge in [0.05, 0.1) is 17.9 Å².